The highest BCUT2D eigenvalue weighted by atomic mass is 32.2. The molecular weight excluding hydrogens is 194 g/mol. The van der Waals surface area contributed by atoms with Gasteiger partial charge in [0.25, 0.3) is 0 Å². The number of aliphatic hydroxyl groups excluding tert-OH is 1. The predicted octanol–water partition coefficient (Wildman–Crippen LogP) is 2.33. The number of para-hydroxylation sites is 1. The van der Waals surface area contributed by atoms with E-state index in [0.717, 1.165) is 6.42 Å². The first-order valence-electron chi connectivity index (χ1n) is 4.90. The van der Waals surface area contributed by atoms with Gasteiger partial charge in [-0.25, -0.2) is 0 Å². The Morgan fingerprint density at radius 3 is 2.86 bits per heavy atom. The van der Waals surface area contributed by atoms with Gasteiger partial charge < -0.3 is 10.0 Å². The van der Waals surface area contributed by atoms with Gasteiger partial charge in [0.1, 0.15) is 5.37 Å². The fourth-order valence-corrected chi connectivity index (χ4v) is 3.10. The van der Waals surface area contributed by atoms with E-state index < -0.39 is 0 Å². The van der Waals surface area contributed by atoms with E-state index in [-0.39, 0.29) is 11.5 Å². The van der Waals surface area contributed by atoms with Gasteiger partial charge in [0.05, 0.1) is 11.8 Å². The lowest BCUT2D eigenvalue weighted by Gasteiger charge is -2.25. The highest BCUT2D eigenvalue weighted by Crippen LogP contribution is 2.43. The SMILES string of the molecule is CC[C@H](O)[C@@H]1Sc2ccccc2N1C. The number of thioether (sulfide) groups is 1. The van der Waals surface area contributed by atoms with E-state index in [1.807, 2.05) is 26.1 Å². The monoisotopic (exact) mass is 209 g/mol. The van der Waals surface area contributed by atoms with Crippen molar-refractivity contribution < 1.29 is 5.11 Å². The molecule has 76 valence electrons. The molecule has 1 heterocycles. The Kier molecular flexibility index (Phi) is 2.70. The van der Waals surface area contributed by atoms with Crippen LogP contribution in [0.2, 0.25) is 0 Å². The van der Waals surface area contributed by atoms with Gasteiger partial charge in [-0.15, -0.1) is 0 Å². The van der Waals surface area contributed by atoms with E-state index >= 15 is 0 Å². The smallest absolute Gasteiger partial charge is 0.105 e. The summed E-state index contributed by atoms with van der Waals surface area (Å²) in [5, 5.41) is 10.0. The maximum absolute atomic E-state index is 9.84. The summed E-state index contributed by atoms with van der Waals surface area (Å²) in [6.07, 6.45) is 0.549. The van der Waals surface area contributed by atoms with Crippen LogP contribution < -0.4 is 4.90 Å². The van der Waals surface area contributed by atoms with Crippen molar-refractivity contribution in [1.82, 2.24) is 0 Å². The number of hydrogen-bond donors (Lipinski definition) is 1. The van der Waals surface area contributed by atoms with Crippen molar-refractivity contribution in [2.75, 3.05) is 11.9 Å². The summed E-state index contributed by atoms with van der Waals surface area (Å²) in [4.78, 5) is 3.43. The van der Waals surface area contributed by atoms with Crippen LogP contribution in [0.4, 0.5) is 5.69 Å². The van der Waals surface area contributed by atoms with Crippen molar-refractivity contribution in [3.8, 4) is 0 Å². The molecule has 0 fully saturated rings. The fourth-order valence-electron chi connectivity index (χ4n) is 1.73. The van der Waals surface area contributed by atoms with Crippen LogP contribution in [-0.4, -0.2) is 23.6 Å². The largest absolute Gasteiger partial charge is 0.390 e. The number of hydrogen-bond acceptors (Lipinski definition) is 3. The third-order valence-electron chi connectivity index (χ3n) is 2.62. The van der Waals surface area contributed by atoms with Crippen molar-refractivity contribution in [1.29, 1.82) is 0 Å². The molecule has 2 rings (SSSR count). The molecule has 0 amide bonds. The van der Waals surface area contributed by atoms with Gasteiger partial charge >= 0.3 is 0 Å². The molecule has 1 aromatic carbocycles. The van der Waals surface area contributed by atoms with Gasteiger partial charge in [-0.1, -0.05) is 30.8 Å². The van der Waals surface area contributed by atoms with Crippen LogP contribution in [0.15, 0.2) is 29.2 Å². The Morgan fingerprint density at radius 1 is 1.50 bits per heavy atom. The van der Waals surface area contributed by atoms with Crippen LogP contribution in [0.5, 0.6) is 0 Å². The molecule has 14 heavy (non-hydrogen) atoms. The molecule has 0 bridgehead atoms. The normalized spacial score (nSPS) is 22.2. The van der Waals surface area contributed by atoms with E-state index in [1.165, 1.54) is 10.6 Å². The Hall–Kier alpha value is -0.670. The summed E-state index contributed by atoms with van der Waals surface area (Å²) in [6, 6.07) is 8.29. The van der Waals surface area contributed by atoms with Crippen LogP contribution in [-0.2, 0) is 0 Å². The number of rotatable bonds is 2. The third kappa shape index (κ3) is 1.51. The highest BCUT2D eigenvalue weighted by molar-refractivity contribution is 8.00. The Bertz CT molecular complexity index is 329. The van der Waals surface area contributed by atoms with Gasteiger partial charge in [-0.05, 0) is 18.6 Å². The molecule has 0 saturated carbocycles. The van der Waals surface area contributed by atoms with Crippen molar-refractivity contribution in [2.45, 2.75) is 29.7 Å². The first-order chi connectivity index (χ1) is 6.74. The molecule has 1 aliphatic heterocycles. The maximum Gasteiger partial charge on any atom is 0.105 e. The number of fused-ring (bicyclic) bond motifs is 1. The van der Waals surface area contributed by atoms with Gasteiger partial charge in [-0.2, -0.15) is 0 Å². The lowest BCUT2D eigenvalue weighted by Crippen LogP contribution is -2.35. The van der Waals surface area contributed by atoms with E-state index in [1.54, 1.807) is 11.8 Å². The third-order valence-corrected chi connectivity index (χ3v) is 4.09. The van der Waals surface area contributed by atoms with Crippen LogP contribution in [0.25, 0.3) is 0 Å². The Labute approximate surface area is 88.9 Å². The zero-order valence-electron chi connectivity index (χ0n) is 8.47. The van der Waals surface area contributed by atoms with Gasteiger partial charge in [-0.3, -0.25) is 0 Å². The molecule has 0 aromatic heterocycles. The van der Waals surface area contributed by atoms with Gasteiger partial charge in [0, 0.05) is 11.9 Å². The number of benzene rings is 1. The summed E-state index contributed by atoms with van der Waals surface area (Å²) in [6.45, 7) is 2.02. The summed E-state index contributed by atoms with van der Waals surface area (Å²) in [5.74, 6) is 0. The first-order valence-corrected chi connectivity index (χ1v) is 5.78. The molecular formula is C11H15NOS. The quantitative estimate of drug-likeness (QED) is 0.808. The van der Waals surface area contributed by atoms with Gasteiger partial charge in [0.15, 0.2) is 0 Å². The summed E-state index contributed by atoms with van der Waals surface area (Å²) in [7, 11) is 2.04. The van der Waals surface area contributed by atoms with E-state index in [4.69, 9.17) is 0 Å². The Morgan fingerprint density at radius 2 is 2.21 bits per heavy atom. The fraction of sp³-hybridized carbons (Fsp3) is 0.455. The Balaban J connectivity index is 2.25. The molecule has 1 aromatic rings. The van der Waals surface area contributed by atoms with Crippen molar-refractivity contribution in [2.24, 2.45) is 0 Å². The molecule has 3 heteroatoms. The first kappa shape index (κ1) is 9.87. The topological polar surface area (TPSA) is 23.5 Å². The highest BCUT2D eigenvalue weighted by Gasteiger charge is 2.31. The van der Waals surface area contributed by atoms with Crippen molar-refractivity contribution in [3.05, 3.63) is 24.3 Å². The van der Waals surface area contributed by atoms with Crippen molar-refractivity contribution in [3.63, 3.8) is 0 Å². The maximum atomic E-state index is 9.84. The van der Waals surface area contributed by atoms with E-state index in [0.29, 0.717) is 0 Å². The zero-order valence-corrected chi connectivity index (χ0v) is 9.29. The molecule has 1 N–H and O–H groups in total. The summed E-state index contributed by atoms with van der Waals surface area (Å²) in [5.41, 5.74) is 1.23. The number of likely N-dealkylation sites (N-methyl/N-ethyl adjacent to an activating group) is 1. The van der Waals surface area contributed by atoms with Gasteiger partial charge in [0.2, 0.25) is 0 Å². The van der Waals surface area contributed by atoms with E-state index in [9.17, 15) is 5.11 Å². The molecule has 0 spiro atoms. The van der Waals surface area contributed by atoms with E-state index in [2.05, 4.69) is 17.0 Å². The van der Waals surface area contributed by atoms with Crippen LogP contribution in [0.1, 0.15) is 13.3 Å². The molecule has 0 aliphatic carbocycles. The second-order valence-corrected chi connectivity index (χ2v) is 4.72. The standard InChI is InChI=1S/C11H15NOS/c1-3-9(13)11-12(2)8-6-4-5-7-10(8)14-11/h4-7,9,11,13H,3H2,1-2H3/t9-,11-/m0/s1. The molecule has 0 saturated heterocycles. The number of aliphatic hydroxyl groups is 1. The molecule has 0 radical (unpaired) electrons. The number of nitrogens with zero attached hydrogens (tertiary/aromatic N) is 1. The minimum atomic E-state index is -0.252. The molecule has 0 unspecified atom stereocenters. The van der Waals surface area contributed by atoms with Crippen LogP contribution in [0.3, 0.4) is 0 Å². The average molecular weight is 209 g/mol. The number of anilines is 1. The second-order valence-electron chi connectivity index (χ2n) is 3.56. The second kappa shape index (κ2) is 3.83. The lowest BCUT2D eigenvalue weighted by molar-refractivity contribution is 0.167. The molecule has 2 atom stereocenters. The molecule has 1 aliphatic rings. The van der Waals surface area contributed by atoms with Crippen LogP contribution in [0, 0.1) is 0 Å². The molecule has 2 nitrogen and oxygen atoms in total. The zero-order chi connectivity index (χ0) is 10.1. The minimum Gasteiger partial charge on any atom is -0.390 e. The average Bonchev–Trinajstić information content (AvgIpc) is 2.56. The predicted molar refractivity (Wildman–Crippen MR) is 60.8 cm³/mol. The lowest BCUT2D eigenvalue weighted by atomic mass is 10.2. The van der Waals surface area contributed by atoms with Crippen LogP contribution >= 0.6 is 11.8 Å². The van der Waals surface area contributed by atoms with Crippen molar-refractivity contribution >= 4 is 17.4 Å². The minimum absolute atomic E-state index is 0.178. The summed E-state index contributed by atoms with van der Waals surface area (Å²) >= 11 is 1.75. The summed E-state index contributed by atoms with van der Waals surface area (Å²) < 4.78 is 0.